The fourth-order valence-corrected chi connectivity index (χ4v) is 3.09. The molecule has 0 bridgehead atoms. The number of hydrogen-bond acceptors (Lipinski definition) is 4. The van der Waals surface area contributed by atoms with Gasteiger partial charge in [0, 0.05) is 5.56 Å². The molecule has 3 rings (SSSR count). The number of carbonyl (C=O) groups excluding carboxylic acids is 1. The molecule has 0 aliphatic heterocycles. The van der Waals surface area contributed by atoms with Crippen molar-refractivity contribution >= 4 is 12.0 Å². The van der Waals surface area contributed by atoms with Crippen LogP contribution in [-0.2, 0) is 9.53 Å². The first kappa shape index (κ1) is 22.8. The molecule has 2 unspecified atom stereocenters. The van der Waals surface area contributed by atoms with Gasteiger partial charge in [-0.05, 0) is 47.9 Å². The Balaban J connectivity index is 1.73. The molecule has 0 aliphatic rings. The molecular formula is C27H24FNO3. The Bertz CT molecular complexity index is 1100. The van der Waals surface area contributed by atoms with Crippen LogP contribution in [-0.4, -0.2) is 5.97 Å². The Morgan fingerprint density at radius 2 is 1.66 bits per heavy atom. The second-order valence-corrected chi connectivity index (χ2v) is 7.61. The van der Waals surface area contributed by atoms with Crippen molar-refractivity contribution in [3.05, 3.63) is 102 Å². The number of benzene rings is 3. The van der Waals surface area contributed by atoms with Crippen LogP contribution in [0.25, 0.3) is 6.08 Å². The van der Waals surface area contributed by atoms with Crippen molar-refractivity contribution in [1.29, 1.82) is 5.26 Å². The van der Waals surface area contributed by atoms with Gasteiger partial charge in [0.1, 0.15) is 23.4 Å². The van der Waals surface area contributed by atoms with Gasteiger partial charge in [-0.1, -0.05) is 68.5 Å². The number of hydrogen-bond donors (Lipinski definition) is 0. The highest BCUT2D eigenvalue weighted by atomic mass is 19.1. The van der Waals surface area contributed by atoms with Crippen molar-refractivity contribution in [3.8, 4) is 17.6 Å². The Morgan fingerprint density at radius 3 is 2.31 bits per heavy atom. The minimum absolute atomic E-state index is 0.0497. The van der Waals surface area contributed by atoms with Crippen molar-refractivity contribution in [2.75, 3.05) is 0 Å². The van der Waals surface area contributed by atoms with Gasteiger partial charge in [0.05, 0.1) is 5.92 Å². The summed E-state index contributed by atoms with van der Waals surface area (Å²) in [7, 11) is 0. The molecule has 0 radical (unpaired) electrons. The fraction of sp³-hybridized carbons (Fsp3) is 0.185. The quantitative estimate of drug-likeness (QED) is 0.373. The van der Waals surface area contributed by atoms with E-state index in [-0.39, 0.29) is 11.7 Å². The van der Waals surface area contributed by atoms with Crippen LogP contribution < -0.4 is 4.74 Å². The van der Waals surface area contributed by atoms with Crippen LogP contribution >= 0.6 is 0 Å². The highest BCUT2D eigenvalue weighted by Gasteiger charge is 2.25. The largest absolute Gasteiger partial charge is 0.457 e. The summed E-state index contributed by atoms with van der Waals surface area (Å²) in [5, 5.41) is 9.64. The first-order valence-corrected chi connectivity index (χ1v) is 10.3. The maximum Gasteiger partial charge on any atom is 0.314 e. The van der Waals surface area contributed by atoms with Crippen LogP contribution in [0.1, 0.15) is 31.1 Å². The fourth-order valence-electron chi connectivity index (χ4n) is 3.09. The summed E-state index contributed by atoms with van der Waals surface area (Å²) in [6.45, 7) is 3.80. The molecule has 0 saturated carbocycles. The van der Waals surface area contributed by atoms with E-state index in [9.17, 15) is 14.4 Å². The van der Waals surface area contributed by atoms with E-state index in [1.54, 1.807) is 48.6 Å². The minimum Gasteiger partial charge on any atom is -0.457 e. The molecule has 0 spiro atoms. The van der Waals surface area contributed by atoms with Crippen molar-refractivity contribution < 1.29 is 18.7 Å². The first-order valence-electron chi connectivity index (χ1n) is 10.3. The predicted molar refractivity (Wildman–Crippen MR) is 121 cm³/mol. The van der Waals surface area contributed by atoms with E-state index in [0.29, 0.717) is 17.1 Å². The lowest BCUT2D eigenvalue weighted by Crippen LogP contribution is -2.22. The Hall–Kier alpha value is -3.91. The van der Waals surface area contributed by atoms with Crippen molar-refractivity contribution in [2.24, 2.45) is 11.8 Å². The van der Waals surface area contributed by atoms with Crippen LogP contribution in [0.2, 0.25) is 0 Å². The summed E-state index contributed by atoms with van der Waals surface area (Å²) in [6.07, 6.45) is 2.41. The van der Waals surface area contributed by atoms with Gasteiger partial charge in [-0.2, -0.15) is 5.26 Å². The molecule has 3 aromatic carbocycles. The van der Waals surface area contributed by atoms with Crippen LogP contribution in [0.4, 0.5) is 4.39 Å². The molecule has 0 fully saturated rings. The van der Waals surface area contributed by atoms with Crippen LogP contribution in [0.3, 0.4) is 0 Å². The zero-order valence-corrected chi connectivity index (χ0v) is 17.9. The first-order chi connectivity index (χ1) is 15.5. The van der Waals surface area contributed by atoms with Gasteiger partial charge < -0.3 is 9.47 Å². The number of ether oxygens (including phenoxy) is 2. The number of nitriles is 1. The normalized spacial score (nSPS) is 12.8. The predicted octanol–water partition coefficient (Wildman–Crippen LogP) is 6.71. The Morgan fingerprint density at radius 1 is 0.969 bits per heavy atom. The number of rotatable bonds is 8. The van der Waals surface area contributed by atoms with Crippen molar-refractivity contribution in [2.45, 2.75) is 20.0 Å². The highest BCUT2D eigenvalue weighted by molar-refractivity contribution is 5.76. The van der Waals surface area contributed by atoms with Gasteiger partial charge in [0.25, 0.3) is 0 Å². The Kier molecular flexibility index (Phi) is 7.77. The third-order valence-electron chi connectivity index (χ3n) is 4.85. The van der Waals surface area contributed by atoms with E-state index in [0.717, 1.165) is 5.56 Å². The van der Waals surface area contributed by atoms with Gasteiger partial charge >= 0.3 is 5.97 Å². The van der Waals surface area contributed by atoms with E-state index < -0.39 is 18.0 Å². The van der Waals surface area contributed by atoms with Crippen molar-refractivity contribution in [3.63, 3.8) is 0 Å². The summed E-state index contributed by atoms with van der Waals surface area (Å²) in [5.41, 5.74) is 1.30. The summed E-state index contributed by atoms with van der Waals surface area (Å²) >= 11 is 0. The summed E-state index contributed by atoms with van der Waals surface area (Å²) in [4.78, 5) is 12.9. The van der Waals surface area contributed by atoms with Gasteiger partial charge in [-0.25, -0.2) is 4.39 Å². The molecule has 0 N–H and O–H groups in total. The molecule has 0 aromatic heterocycles. The molecule has 162 valence electrons. The highest BCUT2D eigenvalue weighted by Crippen LogP contribution is 2.27. The zero-order chi connectivity index (χ0) is 22.9. The lowest BCUT2D eigenvalue weighted by atomic mass is 9.94. The number of halogens is 1. The molecule has 5 heteroatoms. The standard InChI is InChI=1S/C27H24FNO3/c1-19(2)25(16-13-20-11-14-22(28)15-12-20)27(30)32-26(18-29)21-7-6-10-24(17-21)31-23-8-4-3-5-9-23/h3-17,19,25-26H,1-2H3/b16-13+. The van der Waals surface area contributed by atoms with Crippen LogP contribution in [0.5, 0.6) is 11.5 Å². The van der Waals surface area contributed by atoms with Gasteiger partial charge in [0.15, 0.2) is 0 Å². The van der Waals surface area contributed by atoms with E-state index in [2.05, 4.69) is 0 Å². The molecule has 0 aliphatic carbocycles. The molecule has 0 amide bonds. The maximum absolute atomic E-state index is 13.1. The van der Waals surface area contributed by atoms with Gasteiger partial charge in [-0.3, -0.25) is 4.79 Å². The van der Waals surface area contributed by atoms with E-state index in [4.69, 9.17) is 9.47 Å². The average molecular weight is 429 g/mol. The number of para-hydroxylation sites is 1. The second kappa shape index (κ2) is 10.9. The lowest BCUT2D eigenvalue weighted by molar-refractivity contribution is -0.151. The SMILES string of the molecule is CC(C)C(/C=C/c1ccc(F)cc1)C(=O)OC(C#N)c1cccc(Oc2ccccc2)c1. The number of nitrogens with zero attached hydrogens (tertiary/aromatic N) is 1. The molecule has 3 aromatic rings. The van der Waals surface area contributed by atoms with E-state index in [1.165, 1.54) is 12.1 Å². The van der Waals surface area contributed by atoms with Crippen molar-refractivity contribution in [1.82, 2.24) is 0 Å². The molecule has 0 saturated heterocycles. The van der Waals surface area contributed by atoms with Crippen LogP contribution in [0, 0.1) is 29.0 Å². The van der Waals surface area contributed by atoms with Gasteiger partial charge in [-0.15, -0.1) is 0 Å². The second-order valence-electron chi connectivity index (χ2n) is 7.61. The summed E-state index contributed by atoms with van der Waals surface area (Å²) < 4.78 is 24.5. The molecule has 2 atom stereocenters. The molecular weight excluding hydrogens is 405 g/mol. The topological polar surface area (TPSA) is 59.3 Å². The Labute approximate surface area is 187 Å². The monoisotopic (exact) mass is 429 g/mol. The maximum atomic E-state index is 13.1. The smallest absolute Gasteiger partial charge is 0.314 e. The van der Waals surface area contributed by atoms with E-state index >= 15 is 0 Å². The lowest BCUT2D eigenvalue weighted by Gasteiger charge is -2.19. The molecule has 4 nitrogen and oxygen atoms in total. The summed E-state index contributed by atoms with van der Waals surface area (Å²) in [6, 6.07) is 24.2. The third kappa shape index (κ3) is 6.29. The third-order valence-corrected chi connectivity index (χ3v) is 4.85. The average Bonchev–Trinajstić information content (AvgIpc) is 2.79. The van der Waals surface area contributed by atoms with Gasteiger partial charge in [0.2, 0.25) is 6.10 Å². The number of esters is 1. The number of carbonyl (C=O) groups is 1. The van der Waals surface area contributed by atoms with Crippen LogP contribution in [0.15, 0.2) is 84.9 Å². The zero-order valence-electron chi connectivity index (χ0n) is 17.9. The molecule has 32 heavy (non-hydrogen) atoms. The van der Waals surface area contributed by atoms with E-state index in [1.807, 2.05) is 50.2 Å². The molecule has 0 heterocycles. The minimum atomic E-state index is -1.07. The summed E-state index contributed by atoms with van der Waals surface area (Å²) in [5.74, 6) is -0.217.